The van der Waals surface area contributed by atoms with Gasteiger partial charge in [0.1, 0.15) is 12.4 Å². The molecule has 0 aliphatic rings. The third-order valence-electron chi connectivity index (χ3n) is 4.49. The first-order valence-corrected chi connectivity index (χ1v) is 9.74. The van der Waals surface area contributed by atoms with Crippen LogP contribution in [0.15, 0.2) is 18.3 Å². The van der Waals surface area contributed by atoms with E-state index in [0.29, 0.717) is 29.2 Å². The summed E-state index contributed by atoms with van der Waals surface area (Å²) in [5, 5.41) is 11.3. The summed E-state index contributed by atoms with van der Waals surface area (Å²) in [4.78, 5) is 30.4. The SMILES string of the molecule is COc1cc(Cc2cnc(N)nc2N)cc(OC)c1OCCNC(=O)[C@@H](N)CCC(=O)O. The van der Waals surface area contributed by atoms with Crippen molar-refractivity contribution in [3.05, 3.63) is 29.5 Å². The topological polar surface area (TPSA) is 198 Å². The van der Waals surface area contributed by atoms with E-state index in [1.807, 2.05) is 0 Å². The van der Waals surface area contributed by atoms with Gasteiger partial charge in [-0.25, -0.2) is 4.98 Å². The molecule has 174 valence electrons. The van der Waals surface area contributed by atoms with Crippen LogP contribution in [0.3, 0.4) is 0 Å². The van der Waals surface area contributed by atoms with Crippen LogP contribution in [0.4, 0.5) is 11.8 Å². The maximum Gasteiger partial charge on any atom is 0.303 e. The normalized spacial score (nSPS) is 11.5. The Bertz CT molecular complexity index is 929. The van der Waals surface area contributed by atoms with E-state index < -0.39 is 17.9 Å². The number of carboxylic acids is 1. The number of benzene rings is 1. The Kier molecular flexibility index (Phi) is 8.83. The Morgan fingerprint density at radius 3 is 2.41 bits per heavy atom. The minimum absolute atomic E-state index is 0.0503. The summed E-state index contributed by atoms with van der Waals surface area (Å²) in [6, 6.07) is 2.64. The van der Waals surface area contributed by atoms with Crippen molar-refractivity contribution in [1.29, 1.82) is 0 Å². The van der Waals surface area contributed by atoms with Crippen molar-refractivity contribution in [2.24, 2.45) is 5.73 Å². The number of rotatable bonds is 12. The van der Waals surface area contributed by atoms with Gasteiger partial charge in [0.15, 0.2) is 11.5 Å². The summed E-state index contributed by atoms with van der Waals surface area (Å²) in [6.45, 7) is 0.273. The lowest BCUT2D eigenvalue weighted by Crippen LogP contribution is -2.42. The van der Waals surface area contributed by atoms with Gasteiger partial charge in [0.25, 0.3) is 0 Å². The predicted molar refractivity (Wildman–Crippen MR) is 117 cm³/mol. The molecule has 0 spiro atoms. The molecular formula is C20H28N6O6. The first-order valence-electron chi connectivity index (χ1n) is 9.74. The van der Waals surface area contributed by atoms with Gasteiger partial charge < -0.3 is 41.8 Å². The highest BCUT2D eigenvalue weighted by Gasteiger charge is 2.17. The van der Waals surface area contributed by atoms with E-state index in [4.69, 9.17) is 36.5 Å². The average Bonchev–Trinajstić information content (AvgIpc) is 2.76. The third-order valence-corrected chi connectivity index (χ3v) is 4.49. The highest BCUT2D eigenvalue weighted by atomic mass is 16.5. The quantitative estimate of drug-likeness (QED) is 0.272. The van der Waals surface area contributed by atoms with Gasteiger partial charge in [-0.05, 0) is 24.1 Å². The number of nitrogen functional groups attached to an aromatic ring is 2. The summed E-state index contributed by atoms with van der Waals surface area (Å²) >= 11 is 0. The number of hydrogen-bond acceptors (Lipinski definition) is 10. The van der Waals surface area contributed by atoms with Gasteiger partial charge in [-0.15, -0.1) is 0 Å². The van der Waals surface area contributed by atoms with E-state index in [0.717, 1.165) is 5.56 Å². The minimum atomic E-state index is -1.01. The Labute approximate surface area is 185 Å². The van der Waals surface area contributed by atoms with Crippen molar-refractivity contribution in [1.82, 2.24) is 15.3 Å². The van der Waals surface area contributed by atoms with Gasteiger partial charge in [0, 0.05) is 24.6 Å². The zero-order valence-corrected chi connectivity index (χ0v) is 18.0. The number of aliphatic carboxylic acids is 1. The lowest BCUT2D eigenvalue weighted by Gasteiger charge is -2.17. The van der Waals surface area contributed by atoms with Crippen LogP contribution in [-0.2, 0) is 16.0 Å². The van der Waals surface area contributed by atoms with Crippen LogP contribution in [0, 0.1) is 0 Å². The molecule has 0 unspecified atom stereocenters. The van der Waals surface area contributed by atoms with Gasteiger partial charge in [-0.1, -0.05) is 0 Å². The lowest BCUT2D eigenvalue weighted by atomic mass is 10.1. The zero-order valence-electron chi connectivity index (χ0n) is 18.0. The molecule has 2 aromatic rings. The molecule has 12 heteroatoms. The van der Waals surface area contributed by atoms with Gasteiger partial charge in [-0.3, -0.25) is 9.59 Å². The van der Waals surface area contributed by atoms with Crippen LogP contribution in [-0.4, -0.2) is 60.4 Å². The molecule has 0 saturated carbocycles. The summed E-state index contributed by atoms with van der Waals surface area (Å²) in [6.07, 6.45) is 1.85. The number of amides is 1. The summed E-state index contributed by atoms with van der Waals surface area (Å²) in [5.41, 5.74) is 18.6. The Morgan fingerprint density at radius 1 is 1.19 bits per heavy atom. The van der Waals surface area contributed by atoms with E-state index in [1.54, 1.807) is 18.3 Å². The number of carbonyl (C=O) groups is 2. The molecule has 0 aliphatic heterocycles. The molecule has 32 heavy (non-hydrogen) atoms. The van der Waals surface area contributed by atoms with Crippen LogP contribution in [0.25, 0.3) is 0 Å². The molecule has 12 nitrogen and oxygen atoms in total. The number of anilines is 2. The molecule has 2 rings (SSSR count). The minimum Gasteiger partial charge on any atom is -0.493 e. The number of nitrogens with two attached hydrogens (primary N) is 3. The molecule has 0 radical (unpaired) electrons. The summed E-state index contributed by atoms with van der Waals surface area (Å²) in [5.74, 6) is 0.147. The van der Waals surface area contributed by atoms with Crippen molar-refractivity contribution < 1.29 is 28.9 Å². The molecule has 0 fully saturated rings. The lowest BCUT2D eigenvalue weighted by molar-refractivity contribution is -0.137. The molecule has 1 atom stereocenters. The molecule has 1 aromatic heterocycles. The van der Waals surface area contributed by atoms with Gasteiger partial charge >= 0.3 is 5.97 Å². The standard InChI is InChI=1S/C20H28N6O6/c1-30-14-8-11(7-12-10-25-20(23)26-18(12)22)9-15(31-2)17(14)32-6-5-24-19(29)13(21)3-4-16(27)28/h8-10,13H,3-7,21H2,1-2H3,(H,24,29)(H,27,28)(H4,22,23,25,26)/t13-/m0/s1. The summed E-state index contributed by atoms with van der Waals surface area (Å²) < 4.78 is 16.6. The Hall–Kier alpha value is -3.80. The molecule has 1 aromatic carbocycles. The fourth-order valence-electron chi connectivity index (χ4n) is 2.84. The molecule has 0 saturated heterocycles. The first kappa shape index (κ1) is 24.5. The number of aromatic nitrogens is 2. The molecular weight excluding hydrogens is 420 g/mol. The number of nitrogens with one attached hydrogen (secondary N) is 1. The largest absolute Gasteiger partial charge is 0.493 e. The highest BCUT2D eigenvalue weighted by Crippen LogP contribution is 2.39. The smallest absolute Gasteiger partial charge is 0.303 e. The van der Waals surface area contributed by atoms with Gasteiger partial charge in [0.2, 0.25) is 17.6 Å². The van der Waals surface area contributed by atoms with Crippen molar-refractivity contribution >= 4 is 23.6 Å². The van der Waals surface area contributed by atoms with Crippen molar-refractivity contribution in [3.63, 3.8) is 0 Å². The average molecular weight is 448 g/mol. The van der Waals surface area contributed by atoms with Gasteiger partial charge in [0.05, 0.1) is 26.8 Å². The van der Waals surface area contributed by atoms with Crippen molar-refractivity contribution in [3.8, 4) is 17.2 Å². The second-order valence-electron chi connectivity index (χ2n) is 6.82. The van der Waals surface area contributed by atoms with E-state index in [-0.39, 0.29) is 37.8 Å². The van der Waals surface area contributed by atoms with E-state index in [1.165, 1.54) is 14.2 Å². The van der Waals surface area contributed by atoms with Crippen LogP contribution >= 0.6 is 0 Å². The van der Waals surface area contributed by atoms with Crippen LogP contribution in [0.2, 0.25) is 0 Å². The Balaban J connectivity index is 2.02. The number of nitrogens with zero attached hydrogens (tertiary/aromatic N) is 2. The van der Waals surface area contributed by atoms with E-state index in [2.05, 4.69) is 15.3 Å². The maximum absolute atomic E-state index is 11.9. The fourth-order valence-corrected chi connectivity index (χ4v) is 2.84. The number of carbonyl (C=O) groups excluding carboxylic acids is 1. The predicted octanol–water partition coefficient (Wildman–Crippen LogP) is -0.0639. The van der Waals surface area contributed by atoms with Crippen LogP contribution in [0.1, 0.15) is 24.0 Å². The molecule has 1 amide bonds. The van der Waals surface area contributed by atoms with E-state index in [9.17, 15) is 9.59 Å². The second-order valence-corrected chi connectivity index (χ2v) is 6.82. The number of hydrogen-bond donors (Lipinski definition) is 5. The van der Waals surface area contributed by atoms with Crippen LogP contribution < -0.4 is 36.7 Å². The molecule has 1 heterocycles. The van der Waals surface area contributed by atoms with Crippen molar-refractivity contribution in [2.75, 3.05) is 38.8 Å². The van der Waals surface area contributed by atoms with E-state index >= 15 is 0 Å². The van der Waals surface area contributed by atoms with Crippen LogP contribution in [0.5, 0.6) is 17.2 Å². The Morgan fingerprint density at radius 2 is 1.84 bits per heavy atom. The highest BCUT2D eigenvalue weighted by molar-refractivity contribution is 5.82. The summed E-state index contributed by atoms with van der Waals surface area (Å²) in [7, 11) is 2.99. The van der Waals surface area contributed by atoms with Crippen molar-refractivity contribution in [2.45, 2.75) is 25.3 Å². The first-order chi connectivity index (χ1) is 15.2. The van der Waals surface area contributed by atoms with Gasteiger partial charge in [-0.2, -0.15) is 4.98 Å². The molecule has 8 N–H and O–H groups in total. The number of carboxylic acid groups (broad SMARTS) is 1. The number of ether oxygens (including phenoxy) is 3. The zero-order chi connectivity index (χ0) is 23.7. The monoisotopic (exact) mass is 448 g/mol. The second kappa shape index (κ2) is 11.6. The molecule has 0 aliphatic carbocycles. The fraction of sp³-hybridized carbons (Fsp3) is 0.400. The maximum atomic E-state index is 11.9. The third kappa shape index (κ3) is 6.87. The number of methoxy groups -OCH3 is 2. The molecule has 0 bridgehead atoms.